The molecule has 0 saturated carbocycles. The van der Waals surface area contributed by atoms with E-state index >= 15 is 0 Å². The van der Waals surface area contributed by atoms with Crippen LogP contribution in [-0.2, 0) is 14.4 Å². The van der Waals surface area contributed by atoms with Gasteiger partial charge in [-0.05, 0) is 56.0 Å². The minimum absolute atomic E-state index is 0.157. The van der Waals surface area contributed by atoms with Gasteiger partial charge in [0.2, 0.25) is 11.8 Å². The molecule has 7 nitrogen and oxygen atoms in total. The lowest BCUT2D eigenvalue weighted by atomic mass is 9.80. The van der Waals surface area contributed by atoms with E-state index in [-0.39, 0.29) is 5.75 Å². The van der Waals surface area contributed by atoms with Crippen molar-refractivity contribution in [2.45, 2.75) is 39.3 Å². The number of aromatic hydroxyl groups is 1. The fraction of sp³-hybridized carbons (Fsp3) is 0.348. The van der Waals surface area contributed by atoms with Crippen LogP contribution in [0.1, 0.15) is 35.2 Å². The Kier molecular flexibility index (Phi) is 4.47. The number of para-hydroxylation sites is 1. The Bertz CT molecular complexity index is 1070. The quantitative estimate of drug-likeness (QED) is 0.674. The molecule has 3 N–H and O–H groups in total. The van der Waals surface area contributed by atoms with Crippen molar-refractivity contribution in [3.8, 4) is 5.75 Å². The number of amides is 2. The number of phenols is 1. The number of aryl methyl sites for hydroxylation is 3. The molecule has 0 aliphatic carbocycles. The second kappa shape index (κ2) is 6.67. The van der Waals surface area contributed by atoms with Gasteiger partial charge >= 0.3 is 5.97 Å². The number of imide groups is 1. The fourth-order valence-corrected chi connectivity index (χ4v) is 4.84. The second-order valence-electron chi connectivity index (χ2n) is 8.43. The van der Waals surface area contributed by atoms with Gasteiger partial charge in [-0.25, -0.2) is 4.90 Å². The summed E-state index contributed by atoms with van der Waals surface area (Å²) < 4.78 is 0. The number of carbonyl (C=O) groups is 3. The average Bonchev–Trinajstić information content (AvgIpc) is 3.14. The number of rotatable bonds is 3. The van der Waals surface area contributed by atoms with Crippen molar-refractivity contribution in [3.05, 3.63) is 58.7 Å². The third kappa shape index (κ3) is 2.65. The van der Waals surface area contributed by atoms with Crippen LogP contribution in [-0.4, -0.2) is 33.5 Å². The van der Waals surface area contributed by atoms with Crippen molar-refractivity contribution < 1.29 is 24.6 Å². The van der Waals surface area contributed by atoms with Gasteiger partial charge in [0, 0.05) is 6.04 Å². The summed E-state index contributed by atoms with van der Waals surface area (Å²) >= 11 is 0. The number of carboxylic acids is 1. The van der Waals surface area contributed by atoms with E-state index in [2.05, 4.69) is 5.32 Å². The van der Waals surface area contributed by atoms with Gasteiger partial charge in [0.25, 0.3) is 0 Å². The minimum Gasteiger partial charge on any atom is -0.507 e. The maximum absolute atomic E-state index is 13.5. The van der Waals surface area contributed by atoms with E-state index < -0.39 is 41.2 Å². The number of carbonyl (C=O) groups excluding carboxylic acids is 2. The molecule has 2 saturated heterocycles. The summed E-state index contributed by atoms with van der Waals surface area (Å²) in [5.41, 5.74) is 1.57. The Balaban J connectivity index is 1.87. The highest BCUT2D eigenvalue weighted by Crippen LogP contribution is 2.50. The van der Waals surface area contributed by atoms with Crippen LogP contribution < -0.4 is 10.2 Å². The number of fused-ring (bicyclic) bond motifs is 1. The number of aliphatic carboxylic acids is 1. The van der Waals surface area contributed by atoms with Crippen LogP contribution in [0.25, 0.3) is 0 Å². The molecule has 2 aromatic carbocycles. The Hall–Kier alpha value is -3.19. The maximum atomic E-state index is 13.5. The van der Waals surface area contributed by atoms with Crippen LogP contribution in [0.3, 0.4) is 0 Å². The van der Waals surface area contributed by atoms with Gasteiger partial charge in [0.15, 0.2) is 0 Å². The zero-order valence-electron chi connectivity index (χ0n) is 17.3. The molecule has 2 aromatic rings. The van der Waals surface area contributed by atoms with E-state index in [1.807, 2.05) is 19.1 Å². The first-order valence-electron chi connectivity index (χ1n) is 9.82. The van der Waals surface area contributed by atoms with Crippen molar-refractivity contribution in [2.24, 2.45) is 11.8 Å². The smallest absolute Gasteiger partial charge is 0.324 e. The monoisotopic (exact) mass is 408 g/mol. The van der Waals surface area contributed by atoms with Gasteiger partial charge in [-0.1, -0.05) is 30.3 Å². The molecule has 4 unspecified atom stereocenters. The molecule has 2 aliphatic heterocycles. The van der Waals surface area contributed by atoms with E-state index in [4.69, 9.17) is 0 Å². The number of phenolic OH excluding ortho intramolecular Hbond substituents is 1. The predicted molar refractivity (Wildman–Crippen MR) is 110 cm³/mol. The molecule has 4 atom stereocenters. The standard InChI is InChI=1S/C23H24N2O5/c1-11-7-5-6-8-15(11)25-20(27)16-17(21(25)28)23(4,22(29)30)24-18(16)14-9-12(2)19(26)13(3)10-14/h5-10,16-18,24,26H,1-4H3,(H,29,30). The van der Waals surface area contributed by atoms with Crippen molar-refractivity contribution in [1.29, 1.82) is 0 Å². The number of benzene rings is 2. The molecule has 0 radical (unpaired) electrons. The molecule has 4 rings (SSSR count). The topological polar surface area (TPSA) is 107 Å². The summed E-state index contributed by atoms with van der Waals surface area (Å²) in [7, 11) is 0. The molecule has 0 spiro atoms. The molecular weight excluding hydrogens is 384 g/mol. The van der Waals surface area contributed by atoms with Crippen molar-refractivity contribution in [3.63, 3.8) is 0 Å². The van der Waals surface area contributed by atoms with E-state index in [0.717, 1.165) is 10.5 Å². The molecule has 2 aliphatic rings. The fourth-order valence-electron chi connectivity index (χ4n) is 4.84. The predicted octanol–water partition coefficient (Wildman–Crippen LogP) is 2.61. The first-order valence-corrected chi connectivity index (χ1v) is 9.82. The van der Waals surface area contributed by atoms with Crippen LogP contribution in [0.2, 0.25) is 0 Å². The number of nitrogens with one attached hydrogen (secondary N) is 1. The molecule has 2 amide bonds. The van der Waals surface area contributed by atoms with Crippen molar-refractivity contribution in [1.82, 2.24) is 5.32 Å². The van der Waals surface area contributed by atoms with Crippen LogP contribution in [0.5, 0.6) is 5.75 Å². The molecular formula is C23H24N2O5. The highest BCUT2D eigenvalue weighted by molar-refractivity contribution is 6.24. The highest BCUT2D eigenvalue weighted by Gasteiger charge is 2.67. The minimum atomic E-state index is -1.60. The Morgan fingerprint density at radius 3 is 2.20 bits per heavy atom. The molecule has 2 fully saturated rings. The summed E-state index contributed by atoms with van der Waals surface area (Å²) in [6, 6.07) is 9.87. The van der Waals surface area contributed by atoms with Crippen molar-refractivity contribution in [2.75, 3.05) is 4.90 Å². The molecule has 30 heavy (non-hydrogen) atoms. The van der Waals surface area contributed by atoms with E-state index in [0.29, 0.717) is 22.4 Å². The van der Waals surface area contributed by atoms with Gasteiger partial charge in [0.05, 0.1) is 17.5 Å². The second-order valence-corrected chi connectivity index (χ2v) is 8.43. The molecule has 2 heterocycles. The first kappa shape index (κ1) is 20.1. The van der Waals surface area contributed by atoms with Gasteiger partial charge < -0.3 is 10.2 Å². The SMILES string of the molecule is Cc1ccccc1N1C(=O)C2C(c3cc(C)c(O)c(C)c3)NC(C)(C(=O)O)C2C1=O. The number of anilines is 1. The maximum Gasteiger partial charge on any atom is 0.324 e. The van der Waals surface area contributed by atoms with Crippen molar-refractivity contribution >= 4 is 23.5 Å². The van der Waals surface area contributed by atoms with Gasteiger partial charge in [-0.3, -0.25) is 19.7 Å². The Morgan fingerprint density at radius 2 is 1.63 bits per heavy atom. The van der Waals surface area contributed by atoms with Gasteiger partial charge in [-0.2, -0.15) is 0 Å². The van der Waals surface area contributed by atoms with Gasteiger partial charge in [-0.15, -0.1) is 0 Å². The summed E-state index contributed by atoms with van der Waals surface area (Å²) in [5, 5.41) is 23.1. The van der Waals surface area contributed by atoms with E-state index in [1.165, 1.54) is 6.92 Å². The summed E-state index contributed by atoms with van der Waals surface area (Å²) in [4.78, 5) is 40.2. The molecule has 7 heteroatoms. The third-order valence-corrected chi connectivity index (χ3v) is 6.46. The summed E-state index contributed by atoms with van der Waals surface area (Å²) in [5.74, 6) is -3.84. The Morgan fingerprint density at radius 1 is 1.03 bits per heavy atom. The van der Waals surface area contributed by atoms with Gasteiger partial charge in [0.1, 0.15) is 11.3 Å². The lowest BCUT2D eigenvalue weighted by molar-refractivity contribution is -0.147. The van der Waals surface area contributed by atoms with E-state index in [9.17, 15) is 24.6 Å². The average molecular weight is 408 g/mol. The molecule has 156 valence electrons. The zero-order chi connectivity index (χ0) is 22.0. The summed E-state index contributed by atoms with van der Waals surface area (Å²) in [6.45, 7) is 6.76. The third-order valence-electron chi connectivity index (χ3n) is 6.46. The zero-order valence-corrected chi connectivity index (χ0v) is 17.3. The first-order chi connectivity index (χ1) is 14.1. The van der Waals surface area contributed by atoms with Crippen LogP contribution >= 0.6 is 0 Å². The number of nitrogens with zero attached hydrogens (tertiary/aromatic N) is 1. The van der Waals surface area contributed by atoms with Crippen LogP contribution in [0, 0.1) is 32.6 Å². The molecule has 0 bridgehead atoms. The van der Waals surface area contributed by atoms with E-state index in [1.54, 1.807) is 38.1 Å². The summed E-state index contributed by atoms with van der Waals surface area (Å²) in [6.07, 6.45) is 0. The number of hydrogen-bond donors (Lipinski definition) is 3. The number of carboxylic acid groups (broad SMARTS) is 1. The normalized spacial score (nSPS) is 28.1. The largest absolute Gasteiger partial charge is 0.507 e. The Labute approximate surface area is 174 Å². The van der Waals surface area contributed by atoms with Crippen LogP contribution in [0.4, 0.5) is 5.69 Å². The lowest BCUT2D eigenvalue weighted by Crippen LogP contribution is -2.53. The highest BCUT2D eigenvalue weighted by atomic mass is 16.4. The lowest BCUT2D eigenvalue weighted by Gasteiger charge is -2.28. The number of hydrogen-bond acceptors (Lipinski definition) is 5. The molecule has 0 aromatic heterocycles. The van der Waals surface area contributed by atoms with Crippen LogP contribution in [0.15, 0.2) is 36.4 Å².